The largest absolute Gasteiger partial charge is 0.480 e. The summed E-state index contributed by atoms with van der Waals surface area (Å²) >= 11 is 1.46. The Balaban J connectivity index is 6.66. The number of rotatable bonds is 66. The molecule has 0 rings (SSSR count). The summed E-state index contributed by atoms with van der Waals surface area (Å²) in [6.45, 7) is 36.5. The van der Waals surface area contributed by atoms with Gasteiger partial charge in [-0.3, -0.25) is 106 Å². The Labute approximate surface area is 814 Å². The predicted octanol–water partition coefficient (Wildman–Crippen LogP) is -4.06. The number of primary amides is 2. The van der Waals surface area contributed by atoms with E-state index in [2.05, 4.69) is 101 Å². The van der Waals surface area contributed by atoms with Crippen molar-refractivity contribution in [2.45, 2.75) is 370 Å². The molecule has 0 aromatic heterocycles. The van der Waals surface area contributed by atoms with Crippen LogP contribution in [0.5, 0.6) is 0 Å². The molecule has 0 aliphatic rings. The second kappa shape index (κ2) is 63.8. The number of nitrogens with one attached hydrogen (secondary N) is 18. The first-order chi connectivity index (χ1) is 64.0. The minimum atomic E-state index is -1.67. The first-order valence-corrected chi connectivity index (χ1v) is 48.7. The van der Waals surface area contributed by atoms with Gasteiger partial charge in [-0.2, -0.15) is 11.8 Å². The van der Waals surface area contributed by atoms with E-state index >= 15 is 0 Å². The average Bonchev–Trinajstić information content (AvgIpc) is 0.947. The van der Waals surface area contributed by atoms with Crippen molar-refractivity contribution >= 4 is 142 Å². The lowest BCUT2D eigenvalue weighted by Crippen LogP contribution is -2.62. The number of aliphatic carboxylic acids is 1. The lowest BCUT2D eigenvalue weighted by molar-refractivity contribution is -0.142. The molecule has 0 unspecified atom stereocenters. The summed E-state index contributed by atoms with van der Waals surface area (Å²) in [5.74, 6) is -21.7. The Hall–Kier alpha value is -11.6. The van der Waals surface area contributed by atoms with Gasteiger partial charge in [-0.15, -0.1) is 0 Å². The first-order valence-electron chi connectivity index (χ1n) is 47.3. The molecule has 0 bridgehead atoms. The average molecular weight is 1980 g/mol. The maximum absolute atomic E-state index is 14.6. The van der Waals surface area contributed by atoms with E-state index in [1.807, 2.05) is 6.26 Å². The zero-order valence-electron chi connectivity index (χ0n) is 84.7. The normalized spacial score (nSPS) is 16.2. The summed E-state index contributed by atoms with van der Waals surface area (Å²) in [6, 6.07) is -26.1. The summed E-state index contributed by atoms with van der Waals surface area (Å²) in [5, 5.41) is 66.3. The molecule has 0 radical (unpaired) electrons. The van der Waals surface area contributed by atoms with Crippen molar-refractivity contribution < 1.29 is 111 Å². The molecular formula is C90H162N24O23S. The Morgan fingerprint density at radius 2 is 0.529 bits per heavy atom. The van der Waals surface area contributed by atoms with Crippen LogP contribution in [0.15, 0.2) is 4.99 Å². The van der Waals surface area contributed by atoms with Gasteiger partial charge in [0.1, 0.15) is 109 Å². The van der Waals surface area contributed by atoms with Gasteiger partial charge in [0.25, 0.3) is 0 Å². The molecule has 22 atom stereocenters. The molecule has 30 N–H and O–H groups in total. The Morgan fingerprint density at radius 1 is 0.290 bits per heavy atom. The van der Waals surface area contributed by atoms with E-state index < -0.39 is 282 Å². The number of carboxylic acids is 1. The van der Waals surface area contributed by atoms with Crippen LogP contribution in [0.1, 0.15) is 249 Å². The summed E-state index contributed by atoms with van der Waals surface area (Å²) in [5.41, 5.74) is 27.7. The molecule has 0 heterocycles. The highest BCUT2D eigenvalue weighted by Crippen LogP contribution is 2.19. The second-order valence-electron chi connectivity index (χ2n) is 37.9. The van der Waals surface area contributed by atoms with Crippen molar-refractivity contribution in [2.75, 3.05) is 18.6 Å². The van der Waals surface area contributed by atoms with Crippen LogP contribution in [0.25, 0.3) is 0 Å². The van der Waals surface area contributed by atoms with Gasteiger partial charge in [0.05, 0.1) is 12.1 Å². The number of aliphatic imine (C=N–C) groups is 1. The van der Waals surface area contributed by atoms with Gasteiger partial charge in [-0.05, 0) is 172 Å². The number of nitrogens with two attached hydrogens (primary N) is 5. The number of hydrogen-bond acceptors (Lipinski definition) is 25. The Kier molecular flexibility index (Phi) is 58.5. The van der Waals surface area contributed by atoms with Crippen molar-refractivity contribution in [3.05, 3.63) is 0 Å². The van der Waals surface area contributed by atoms with Crippen LogP contribution in [-0.4, -0.2) is 280 Å². The third kappa shape index (κ3) is 48.6. The van der Waals surface area contributed by atoms with Crippen LogP contribution in [0, 0.1) is 47.3 Å². The minimum absolute atomic E-state index is 0.000705. The lowest BCUT2D eigenvalue weighted by Gasteiger charge is -2.30. The second-order valence-corrected chi connectivity index (χ2v) is 38.9. The van der Waals surface area contributed by atoms with E-state index in [0.717, 1.165) is 6.92 Å². The van der Waals surface area contributed by atoms with Crippen molar-refractivity contribution in [1.29, 1.82) is 0 Å². The first kappa shape index (κ1) is 126. The SMILES string of the molecule is CC[C@H](C)[C@H](NC(=O)[C@H](C)NC(=O)[C@H](CC(C)C)NC(=O)[C@@H](NC(=O)[C@H](CCCN=C(N)N)NC(=O)[C@@H](N)CCSC)[C@@H](C)O)C(=O)N[C@@H](CC(C)C)C(=O)N[C@@H](C)C(=O)N[C@@H](C)C(=O)N[C@H](C(=O)N[C@@H](CC(C)C)C(=O)N[C@@H](CC(C)C)C(=O)N[C@H](C(=O)N[C@@H](C)C(=O)N[C@@H](CC(C)C)C(=O)N[C@@H](CCC(N)=O)C(=O)N[C@@H](C)C(=O)N[C@@H](CCC(N)=O)C(=O)N[C@@H](C)C(=O)O)C(C)C)[C@@H](C)CC. The molecule has 47 nitrogen and oxygen atoms in total. The monoisotopic (exact) mass is 1980 g/mol. The van der Waals surface area contributed by atoms with Crippen molar-refractivity contribution in [3.8, 4) is 0 Å². The molecule has 0 aromatic carbocycles. The summed E-state index contributed by atoms with van der Waals surface area (Å²) in [6.07, 6.45) is -0.231. The highest BCUT2D eigenvalue weighted by Gasteiger charge is 2.41. The molecular weight excluding hydrogens is 1820 g/mol. The standard InChI is InChI=1S/C90H162N24O23S/c1-25-47(15)68(113-75(122)53(21)100-81(128)61(37-42(5)6)110-88(135)70(55(23)115)114-79(126)57(28-27-34-96-90(94)95)104-76(123)56(91)33-35-138-24)86(133)108-60(36-41(3)4)80(127)99-49(17)71(118)97-52(20)74(121)112-69(48(16)26-2)87(134)109-63(39-44(9)10)83(130)107-64(40-45(11)12)84(131)111-67(46(13)14)85(132)101-51(19)73(120)106-62(38-43(7)8)82(129)105-59(30-32-66(93)117)77(124)98-50(18)72(119)103-58(29-31-65(92)116)78(125)102-54(22)89(136)137/h41-64,67-70,115H,25-40,91H2,1-24H3,(H2,92,116)(H2,93,117)(H,97,118)(H,98,124)(H,99,127)(H,100,128)(H,101,132)(H,102,125)(H,103,119)(H,104,123)(H,105,129)(H,106,120)(H,107,130)(H,108,133)(H,109,134)(H,110,135)(H,111,131)(H,112,121)(H,113,122)(H,114,126)(H,136,137)(H4,94,95,96)/t47-,48-,49-,50-,51-,52-,53-,54-,55+,56-,57-,58-,59-,60-,61-,62-,63-,64-,67-,68-,69-,70-/m0/s1. The molecule has 0 aromatic rings. The zero-order chi connectivity index (χ0) is 106. The summed E-state index contributed by atoms with van der Waals surface area (Å²) in [4.78, 5) is 291. The minimum Gasteiger partial charge on any atom is -0.480 e. The summed E-state index contributed by atoms with van der Waals surface area (Å²) in [7, 11) is 0. The molecule has 0 aliphatic heterocycles. The highest BCUT2D eigenvalue weighted by atomic mass is 32.2. The van der Waals surface area contributed by atoms with Crippen LogP contribution >= 0.6 is 11.8 Å². The van der Waals surface area contributed by atoms with Crippen LogP contribution in [0.2, 0.25) is 0 Å². The zero-order valence-corrected chi connectivity index (χ0v) is 85.5. The maximum atomic E-state index is 14.6. The smallest absolute Gasteiger partial charge is 0.325 e. The van der Waals surface area contributed by atoms with Crippen molar-refractivity contribution in [3.63, 3.8) is 0 Å². The number of guanidine groups is 1. The van der Waals surface area contributed by atoms with Gasteiger partial charge >= 0.3 is 5.97 Å². The van der Waals surface area contributed by atoms with Crippen LogP contribution < -0.4 is 124 Å². The van der Waals surface area contributed by atoms with E-state index in [-0.39, 0.29) is 93.5 Å². The fraction of sp³-hybridized carbons (Fsp3) is 0.756. The maximum Gasteiger partial charge on any atom is 0.325 e. The van der Waals surface area contributed by atoms with Crippen LogP contribution in [0.4, 0.5) is 0 Å². The molecule has 20 amide bonds. The van der Waals surface area contributed by atoms with Gasteiger partial charge in [0.15, 0.2) is 5.96 Å². The van der Waals surface area contributed by atoms with E-state index in [9.17, 15) is 111 Å². The van der Waals surface area contributed by atoms with Gasteiger partial charge < -0.3 is 135 Å². The van der Waals surface area contributed by atoms with E-state index in [1.54, 1.807) is 111 Å². The number of carbonyl (C=O) groups is 21. The Bertz CT molecular complexity index is 4110. The molecule has 48 heteroatoms. The third-order valence-electron chi connectivity index (χ3n) is 22.3. The number of carbonyl (C=O) groups excluding carboxylic acids is 20. The third-order valence-corrected chi connectivity index (χ3v) is 22.9. The topological polar surface area (TPSA) is 758 Å². The molecule has 0 spiro atoms. The number of aliphatic hydroxyl groups is 1. The fourth-order valence-corrected chi connectivity index (χ4v) is 14.2. The van der Waals surface area contributed by atoms with Crippen molar-refractivity contribution in [2.24, 2.45) is 81.0 Å². The number of thioether (sulfide) groups is 1. The van der Waals surface area contributed by atoms with E-state index in [1.165, 1.54) is 53.3 Å². The molecule has 786 valence electrons. The van der Waals surface area contributed by atoms with Crippen LogP contribution in [0.3, 0.4) is 0 Å². The number of nitrogens with zero attached hydrogens (tertiary/aromatic N) is 1. The quantitative estimate of drug-likeness (QED) is 0.0156. The molecule has 0 aliphatic carbocycles. The van der Waals surface area contributed by atoms with E-state index in [4.69, 9.17) is 28.7 Å². The number of aliphatic hydroxyl groups excluding tert-OH is 1. The molecule has 0 saturated heterocycles. The number of hydrogen-bond donors (Lipinski definition) is 25. The van der Waals surface area contributed by atoms with Crippen LogP contribution in [-0.2, 0) is 101 Å². The van der Waals surface area contributed by atoms with Gasteiger partial charge in [0.2, 0.25) is 118 Å². The molecule has 0 fully saturated rings. The Morgan fingerprint density at radius 3 is 0.848 bits per heavy atom. The summed E-state index contributed by atoms with van der Waals surface area (Å²) < 4.78 is 0. The predicted molar refractivity (Wildman–Crippen MR) is 517 cm³/mol. The lowest BCUT2D eigenvalue weighted by atomic mass is 9.96. The number of amides is 20. The molecule has 138 heavy (non-hydrogen) atoms. The fourth-order valence-electron chi connectivity index (χ4n) is 13.7. The van der Waals surface area contributed by atoms with Gasteiger partial charge in [-0.25, -0.2) is 0 Å². The number of carboxylic acid groups (broad SMARTS) is 1. The van der Waals surface area contributed by atoms with Gasteiger partial charge in [-0.1, -0.05) is 124 Å². The van der Waals surface area contributed by atoms with E-state index in [0.29, 0.717) is 25.0 Å². The molecule has 0 saturated carbocycles. The van der Waals surface area contributed by atoms with Gasteiger partial charge in [0, 0.05) is 19.4 Å². The van der Waals surface area contributed by atoms with Crippen molar-refractivity contribution in [1.82, 2.24) is 95.7 Å². The highest BCUT2D eigenvalue weighted by molar-refractivity contribution is 7.98.